The van der Waals surface area contributed by atoms with Crippen molar-refractivity contribution >= 4 is 34.4 Å². The lowest BCUT2D eigenvalue weighted by molar-refractivity contribution is -0.139. The Bertz CT molecular complexity index is 2110. The lowest BCUT2D eigenvalue weighted by atomic mass is 9.77. The molecule has 1 aliphatic carbocycles. The number of hydrogen-bond acceptors (Lipinski definition) is 7. The molecule has 7 nitrogen and oxygen atoms in total. The molecule has 0 radical (unpaired) electrons. The second-order valence-corrected chi connectivity index (χ2v) is 16.1. The maximum Gasteiger partial charge on any atom is 0.333 e. The predicted molar refractivity (Wildman–Crippen MR) is 237 cm³/mol. The van der Waals surface area contributed by atoms with Crippen LogP contribution in [0.15, 0.2) is 154 Å². The fourth-order valence-corrected chi connectivity index (χ4v) is 8.16. The lowest BCUT2D eigenvalue weighted by Gasteiger charge is -2.29. The van der Waals surface area contributed by atoms with Crippen LogP contribution in [0.1, 0.15) is 100 Å². The fraction of sp³-hybridized carbons (Fsp3) is 0.353. The number of azo groups is 2. The smallest absolute Gasteiger partial charge is 0.333 e. The number of carbonyl (C=O) groups is 1. The van der Waals surface area contributed by atoms with Gasteiger partial charge in [-0.25, -0.2) is 4.79 Å². The summed E-state index contributed by atoms with van der Waals surface area (Å²) in [7, 11) is 0. The Morgan fingerprint density at radius 3 is 1.60 bits per heavy atom. The van der Waals surface area contributed by atoms with E-state index in [1.165, 1.54) is 91.3 Å². The minimum atomic E-state index is -0.272. The number of unbranched alkanes of at least 4 members (excludes halogenated alkanes) is 3. The van der Waals surface area contributed by atoms with Gasteiger partial charge in [0.1, 0.15) is 0 Å². The molecule has 0 bridgehead atoms. The Morgan fingerprint density at radius 1 is 0.603 bits per heavy atom. The standard InChI is InChI=1S/C51H57N5O2/c1-38(2)51(57)58-36-8-4-3-5-9-39-10-16-42(17-11-39)44-20-22-45(23-21-44)43-18-12-40(13-19-43)37-41-14-24-46(25-15-41)52-53-47-26-28-48(29-27-47)54-55-49-30-32-50(33-31-49)56-34-6-7-35-56/h12-15,18-33,39,42H,1,3-11,16-17,34-37H2,2H3. The zero-order valence-corrected chi connectivity index (χ0v) is 34.1. The van der Waals surface area contributed by atoms with Crippen molar-refractivity contribution in [1.82, 2.24) is 0 Å². The molecule has 1 saturated carbocycles. The molecule has 58 heavy (non-hydrogen) atoms. The van der Waals surface area contributed by atoms with Crippen molar-refractivity contribution in [1.29, 1.82) is 0 Å². The van der Waals surface area contributed by atoms with E-state index >= 15 is 0 Å². The first-order valence-electron chi connectivity index (χ1n) is 21.3. The van der Waals surface area contributed by atoms with E-state index in [2.05, 4.69) is 105 Å². The monoisotopic (exact) mass is 771 g/mol. The second-order valence-electron chi connectivity index (χ2n) is 16.1. The van der Waals surface area contributed by atoms with E-state index in [1.807, 2.05) is 48.5 Å². The Morgan fingerprint density at radius 2 is 1.07 bits per heavy atom. The molecular formula is C51H57N5O2. The highest BCUT2D eigenvalue weighted by Crippen LogP contribution is 2.38. The second kappa shape index (κ2) is 20.6. The zero-order valence-electron chi connectivity index (χ0n) is 34.1. The largest absolute Gasteiger partial charge is 0.462 e. The number of ether oxygens (including phenoxy) is 1. The van der Waals surface area contributed by atoms with Gasteiger partial charge in [0.05, 0.1) is 29.4 Å². The van der Waals surface area contributed by atoms with Gasteiger partial charge in [-0.05, 0) is 159 Å². The molecule has 1 saturated heterocycles. The van der Waals surface area contributed by atoms with E-state index in [0.29, 0.717) is 18.1 Å². The fourth-order valence-electron chi connectivity index (χ4n) is 8.16. The van der Waals surface area contributed by atoms with Crippen LogP contribution in [0.4, 0.5) is 28.4 Å². The molecule has 2 fully saturated rings. The average Bonchev–Trinajstić information content (AvgIpc) is 3.82. The molecule has 1 aliphatic heterocycles. The van der Waals surface area contributed by atoms with E-state index in [-0.39, 0.29) is 5.97 Å². The van der Waals surface area contributed by atoms with E-state index in [1.54, 1.807) is 6.92 Å². The lowest BCUT2D eigenvalue weighted by Crippen LogP contribution is -2.17. The third-order valence-corrected chi connectivity index (χ3v) is 11.7. The number of carbonyl (C=O) groups excluding carboxylic acids is 1. The summed E-state index contributed by atoms with van der Waals surface area (Å²) in [4.78, 5) is 13.9. The van der Waals surface area contributed by atoms with Crippen molar-refractivity contribution in [3.05, 3.63) is 150 Å². The van der Waals surface area contributed by atoms with Gasteiger partial charge in [0.2, 0.25) is 0 Å². The van der Waals surface area contributed by atoms with Crippen LogP contribution >= 0.6 is 0 Å². The molecule has 5 aromatic carbocycles. The summed E-state index contributed by atoms with van der Waals surface area (Å²) in [6, 6.07) is 42.5. The van der Waals surface area contributed by atoms with Crippen molar-refractivity contribution in [2.45, 2.75) is 89.9 Å². The molecule has 7 heteroatoms. The van der Waals surface area contributed by atoms with Crippen molar-refractivity contribution in [3.8, 4) is 11.1 Å². The minimum Gasteiger partial charge on any atom is -0.462 e. The molecule has 5 aromatic rings. The highest BCUT2D eigenvalue weighted by molar-refractivity contribution is 5.86. The summed E-state index contributed by atoms with van der Waals surface area (Å²) in [5.41, 5.74) is 11.5. The van der Waals surface area contributed by atoms with Crippen LogP contribution in [-0.4, -0.2) is 25.7 Å². The maximum absolute atomic E-state index is 11.5. The van der Waals surface area contributed by atoms with E-state index in [4.69, 9.17) is 4.74 Å². The Hall–Kier alpha value is -5.69. The maximum atomic E-state index is 11.5. The molecular weight excluding hydrogens is 715 g/mol. The summed E-state index contributed by atoms with van der Waals surface area (Å²) >= 11 is 0. The molecule has 1 heterocycles. The van der Waals surface area contributed by atoms with Gasteiger partial charge >= 0.3 is 5.97 Å². The van der Waals surface area contributed by atoms with Crippen molar-refractivity contribution in [3.63, 3.8) is 0 Å². The normalized spacial score (nSPS) is 16.9. The van der Waals surface area contributed by atoms with Gasteiger partial charge < -0.3 is 9.64 Å². The van der Waals surface area contributed by atoms with Crippen molar-refractivity contribution in [2.75, 3.05) is 24.6 Å². The van der Waals surface area contributed by atoms with Gasteiger partial charge in [0.15, 0.2) is 0 Å². The number of esters is 1. The molecule has 7 rings (SSSR count). The van der Waals surface area contributed by atoms with E-state index < -0.39 is 0 Å². The number of rotatable bonds is 17. The van der Waals surface area contributed by atoms with Crippen LogP contribution in [0.3, 0.4) is 0 Å². The van der Waals surface area contributed by atoms with Crippen LogP contribution in [0.2, 0.25) is 0 Å². The predicted octanol–water partition coefficient (Wildman–Crippen LogP) is 14.7. The van der Waals surface area contributed by atoms with Gasteiger partial charge in [-0.15, -0.1) is 0 Å². The van der Waals surface area contributed by atoms with Gasteiger partial charge in [-0.1, -0.05) is 92.9 Å². The Labute approximate surface area is 345 Å². The first kappa shape index (κ1) is 40.5. The molecule has 0 N–H and O–H groups in total. The molecule has 298 valence electrons. The molecule has 0 unspecified atom stereocenters. The summed E-state index contributed by atoms with van der Waals surface area (Å²) in [5.74, 6) is 1.25. The number of hydrogen-bond donors (Lipinski definition) is 0. The average molecular weight is 772 g/mol. The minimum absolute atomic E-state index is 0.272. The first-order chi connectivity index (χ1) is 28.4. The van der Waals surface area contributed by atoms with E-state index in [9.17, 15) is 4.79 Å². The topological polar surface area (TPSA) is 79.0 Å². The SMILES string of the molecule is C=C(C)C(=O)OCCCCCCC1CCC(c2ccc(-c3ccc(Cc4ccc(N=Nc5ccc(N=Nc6ccc(N7CCCC7)cc6)cc5)cc4)cc3)cc2)CC1. The quantitative estimate of drug-likeness (QED) is 0.0409. The molecule has 0 spiro atoms. The summed E-state index contributed by atoms with van der Waals surface area (Å²) in [6.07, 6.45) is 14.5. The summed E-state index contributed by atoms with van der Waals surface area (Å²) in [6.45, 7) is 8.10. The van der Waals surface area contributed by atoms with E-state index in [0.717, 1.165) is 61.0 Å². The molecule has 0 aromatic heterocycles. The summed E-state index contributed by atoms with van der Waals surface area (Å²) < 4.78 is 5.20. The Kier molecular flexibility index (Phi) is 14.4. The van der Waals surface area contributed by atoms with Crippen LogP contribution in [0.5, 0.6) is 0 Å². The van der Waals surface area contributed by atoms with Gasteiger partial charge in [-0.3, -0.25) is 0 Å². The van der Waals surface area contributed by atoms with Gasteiger partial charge in [0.25, 0.3) is 0 Å². The molecule has 2 aliphatic rings. The van der Waals surface area contributed by atoms with Gasteiger partial charge in [0, 0.05) is 24.4 Å². The zero-order chi connectivity index (χ0) is 39.9. The third-order valence-electron chi connectivity index (χ3n) is 11.7. The highest BCUT2D eigenvalue weighted by atomic mass is 16.5. The highest BCUT2D eigenvalue weighted by Gasteiger charge is 2.22. The van der Waals surface area contributed by atoms with Crippen LogP contribution in [0, 0.1) is 5.92 Å². The third kappa shape index (κ3) is 11.9. The van der Waals surface area contributed by atoms with Crippen LogP contribution < -0.4 is 4.90 Å². The van der Waals surface area contributed by atoms with Crippen LogP contribution in [0.25, 0.3) is 11.1 Å². The number of anilines is 1. The summed E-state index contributed by atoms with van der Waals surface area (Å²) in [5, 5.41) is 17.7. The first-order valence-corrected chi connectivity index (χ1v) is 21.3. The Balaban J connectivity index is 0.811. The van der Waals surface area contributed by atoms with Gasteiger partial charge in [-0.2, -0.15) is 20.5 Å². The van der Waals surface area contributed by atoms with Crippen molar-refractivity contribution < 1.29 is 9.53 Å². The van der Waals surface area contributed by atoms with Crippen LogP contribution in [-0.2, 0) is 16.0 Å². The number of benzene rings is 5. The molecule has 0 amide bonds. The molecule has 0 atom stereocenters. The van der Waals surface area contributed by atoms with Crippen molar-refractivity contribution in [2.24, 2.45) is 26.4 Å². The number of nitrogens with zero attached hydrogens (tertiary/aromatic N) is 5.